The van der Waals surface area contributed by atoms with Crippen LogP contribution < -0.4 is 10.6 Å². The second-order valence-electron chi connectivity index (χ2n) is 6.69. The summed E-state index contributed by atoms with van der Waals surface area (Å²) < 4.78 is 0. The molecule has 0 aliphatic rings. The van der Waals surface area contributed by atoms with E-state index in [9.17, 15) is 4.79 Å². The standard InChI is InChI=1S/C22H17Cl2N5O/c1-13-3-2-4-17-19(13)28-22(24)29-20(17)26-11-14-5-8-16(9-6-14)27-21(30)15-7-10-18(23)25-12-15/h2-10,12H,11H2,1H3,(H,27,30)(H,26,28,29). The van der Waals surface area contributed by atoms with Crippen LogP contribution in [0.15, 0.2) is 60.8 Å². The van der Waals surface area contributed by atoms with Gasteiger partial charge in [0.25, 0.3) is 5.91 Å². The Kier molecular flexibility index (Phi) is 5.79. The average Bonchev–Trinajstić information content (AvgIpc) is 2.74. The lowest BCUT2D eigenvalue weighted by Gasteiger charge is -2.11. The third kappa shape index (κ3) is 4.50. The molecule has 2 aromatic carbocycles. The van der Waals surface area contributed by atoms with Crippen molar-refractivity contribution in [2.24, 2.45) is 0 Å². The maximum atomic E-state index is 12.3. The number of carbonyl (C=O) groups is 1. The summed E-state index contributed by atoms with van der Waals surface area (Å²) >= 11 is 11.8. The van der Waals surface area contributed by atoms with Crippen LogP contribution in [0.4, 0.5) is 11.5 Å². The first-order chi connectivity index (χ1) is 14.5. The first-order valence-corrected chi connectivity index (χ1v) is 9.94. The van der Waals surface area contributed by atoms with Crippen LogP contribution in [-0.2, 0) is 6.54 Å². The number of halogens is 2. The van der Waals surface area contributed by atoms with E-state index < -0.39 is 0 Å². The van der Waals surface area contributed by atoms with Crippen molar-refractivity contribution in [1.29, 1.82) is 0 Å². The van der Waals surface area contributed by atoms with Gasteiger partial charge in [-0.1, -0.05) is 35.9 Å². The van der Waals surface area contributed by atoms with Gasteiger partial charge in [0.15, 0.2) is 0 Å². The molecule has 0 aliphatic heterocycles. The zero-order valence-electron chi connectivity index (χ0n) is 16.0. The summed E-state index contributed by atoms with van der Waals surface area (Å²) in [5.41, 5.74) is 4.01. The molecule has 0 saturated carbocycles. The highest BCUT2D eigenvalue weighted by Gasteiger charge is 2.09. The largest absolute Gasteiger partial charge is 0.365 e. The fraction of sp³-hybridized carbons (Fsp3) is 0.0909. The van der Waals surface area contributed by atoms with E-state index in [1.54, 1.807) is 12.1 Å². The summed E-state index contributed by atoms with van der Waals surface area (Å²) in [6.07, 6.45) is 1.44. The van der Waals surface area contributed by atoms with Gasteiger partial charge in [-0.3, -0.25) is 4.79 Å². The number of nitrogens with one attached hydrogen (secondary N) is 2. The molecule has 0 bridgehead atoms. The SMILES string of the molecule is Cc1cccc2c(NCc3ccc(NC(=O)c4ccc(Cl)nc4)cc3)nc(Cl)nc12. The molecule has 0 spiro atoms. The lowest BCUT2D eigenvalue weighted by molar-refractivity contribution is 0.102. The number of benzene rings is 2. The lowest BCUT2D eigenvalue weighted by atomic mass is 10.1. The number of amides is 1. The number of pyridine rings is 1. The minimum absolute atomic E-state index is 0.203. The molecule has 0 unspecified atom stereocenters. The zero-order valence-corrected chi connectivity index (χ0v) is 17.5. The third-order valence-electron chi connectivity index (χ3n) is 4.56. The Hall–Kier alpha value is -3.22. The Morgan fingerprint density at radius 3 is 2.53 bits per heavy atom. The van der Waals surface area contributed by atoms with E-state index in [1.165, 1.54) is 6.20 Å². The smallest absolute Gasteiger partial charge is 0.257 e. The van der Waals surface area contributed by atoms with Crippen molar-refractivity contribution in [3.05, 3.63) is 87.9 Å². The van der Waals surface area contributed by atoms with Gasteiger partial charge in [-0.25, -0.2) is 15.0 Å². The number of hydrogen-bond acceptors (Lipinski definition) is 5. The van der Waals surface area contributed by atoms with Crippen molar-refractivity contribution in [2.75, 3.05) is 10.6 Å². The minimum Gasteiger partial charge on any atom is -0.365 e. The summed E-state index contributed by atoms with van der Waals surface area (Å²) in [7, 11) is 0. The van der Waals surface area contributed by atoms with E-state index in [0.717, 1.165) is 22.0 Å². The topological polar surface area (TPSA) is 79.8 Å². The first-order valence-electron chi connectivity index (χ1n) is 9.18. The second kappa shape index (κ2) is 8.65. The van der Waals surface area contributed by atoms with Crippen LogP contribution in [0.5, 0.6) is 0 Å². The summed E-state index contributed by atoms with van der Waals surface area (Å²) in [5, 5.41) is 7.62. The maximum absolute atomic E-state index is 12.3. The number of fused-ring (bicyclic) bond motifs is 1. The number of carbonyl (C=O) groups excluding carboxylic acids is 1. The number of para-hydroxylation sites is 1. The number of rotatable bonds is 5. The number of hydrogen-bond donors (Lipinski definition) is 2. The molecule has 150 valence electrons. The predicted molar refractivity (Wildman–Crippen MR) is 120 cm³/mol. The van der Waals surface area contributed by atoms with Gasteiger partial charge in [-0.05, 0) is 60.0 Å². The molecule has 6 nitrogen and oxygen atoms in total. The van der Waals surface area contributed by atoms with Gasteiger partial charge < -0.3 is 10.6 Å². The lowest BCUT2D eigenvalue weighted by Crippen LogP contribution is -2.12. The van der Waals surface area contributed by atoms with Crippen molar-refractivity contribution in [1.82, 2.24) is 15.0 Å². The van der Waals surface area contributed by atoms with Crippen molar-refractivity contribution in [3.8, 4) is 0 Å². The van der Waals surface area contributed by atoms with Gasteiger partial charge in [-0.15, -0.1) is 0 Å². The highest BCUT2D eigenvalue weighted by atomic mass is 35.5. The maximum Gasteiger partial charge on any atom is 0.257 e. The molecule has 0 aliphatic carbocycles. The van der Waals surface area contributed by atoms with Crippen LogP contribution in [0.3, 0.4) is 0 Å². The van der Waals surface area contributed by atoms with Crippen LogP contribution in [0.1, 0.15) is 21.5 Å². The highest BCUT2D eigenvalue weighted by Crippen LogP contribution is 2.25. The molecule has 0 saturated heterocycles. The number of aromatic nitrogens is 3. The van der Waals surface area contributed by atoms with Gasteiger partial charge >= 0.3 is 0 Å². The predicted octanol–water partition coefficient (Wildman–Crippen LogP) is 5.50. The molecule has 2 heterocycles. The second-order valence-corrected chi connectivity index (χ2v) is 7.41. The van der Waals surface area contributed by atoms with Crippen molar-refractivity contribution < 1.29 is 4.79 Å². The summed E-state index contributed by atoms with van der Waals surface area (Å²) in [4.78, 5) is 24.8. The molecule has 4 aromatic rings. The van der Waals surface area contributed by atoms with Gasteiger partial charge in [-0.2, -0.15) is 0 Å². The highest BCUT2D eigenvalue weighted by molar-refractivity contribution is 6.29. The quantitative estimate of drug-likeness (QED) is 0.318. The van der Waals surface area contributed by atoms with E-state index in [0.29, 0.717) is 28.8 Å². The van der Waals surface area contributed by atoms with E-state index in [1.807, 2.05) is 49.4 Å². The Morgan fingerprint density at radius 2 is 1.80 bits per heavy atom. The van der Waals surface area contributed by atoms with Gasteiger partial charge in [0, 0.05) is 23.8 Å². The Balaban J connectivity index is 1.44. The van der Waals surface area contributed by atoms with E-state index in [-0.39, 0.29) is 11.2 Å². The summed E-state index contributed by atoms with van der Waals surface area (Å²) in [6.45, 7) is 2.54. The van der Waals surface area contributed by atoms with Gasteiger partial charge in [0.05, 0.1) is 11.1 Å². The van der Waals surface area contributed by atoms with Crippen molar-refractivity contribution in [3.63, 3.8) is 0 Å². The van der Waals surface area contributed by atoms with Gasteiger partial charge in [0.1, 0.15) is 11.0 Å². The van der Waals surface area contributed by atoms with Crippen molar-refractivity contribution in [2.45, 2.75) is 13.5 Å². The van der Waals surface area contributed by atoms with Crippen LogP contribution in [0.2, 0.25) is 10.4 Å². The zero-order chi connectivity index (χ0) is 21.1. The molecular formula is C22H17Cl2N5O. The van der Waals surface area contributed by atoms with E-state index in [2.05, 4.69) is 25.6 Å². The van der Waals surface area contributed by atoms with E-state index >= 15 is 0 Å². The number of aryl methyl sites for hydroxylation is 1. The third-order valence-corrected chi connectivity index (χ3v) is 4.95. The van der Waals surface area contributed by atoms with E-state index in [4.69, 9.17) is 23.2 Å². The molecule has 0 atom stereocenters. The average molecular weight is 438 g/mol. The number of nitrogens with zero attached hydrogens (tertiary/aromatic N) is 3. The molecule has 30 heavy (non-hydrogen) atoms. The summed E-state index contributed by atoms with van der Waals surface area (Å²) in [6, 6.07) is 16.7. The van der Waals surface area contributed by atoms with Crippen molar-refractivity contribution >= 4 is 51.5 Å². The Morgan fingerprint density at radius 1 is 1.00 bits per heavy atom. The molecular weight excluding hydrogens is 421 g/mol. The molecule has 0 radical (unpaired) electrons. The van der Waals surface area contributed by atoms with Crippen LogP contribution >= 0.6 is 23.2 Å². The molecule has 2 aromatic heterocycles. The first kappa shape index (κ1) is 20.1. The van der Waals surface area contributed by atoms with Crippen LogP contribution in [-0.4, -0.2) is 20.9 Å². The normalized spacial score (nSPS) is 10.8. The molecule has 1 amide bonds. The van der Waals surface area contributed by atoms with Gasteiger partial charge in [0.2, 0.25) is 5.28 Å². The minimum atomic E-state index is -0.248. The van der Waals surface area contributed by atoms with Crippen LogP contribution in [0.25, 0.3) is 10.9 Å². The summed E-state index contributed by atoms with van der Waals surface area (Å²) in [5.74, 6) is 0.434. The number of anilines is 2. The van der Waals surface area contributed by atoms with Crippen LogP contribution in [0, 0.1) is 6.92 Å². The fourth-order valence-corrected chi connectivity index (χ4v) is 3.29. The molecule has 0 fully saturated rings. The monoisotopic (exact) mass is 437 g/mol. The molecule has 8 heteroatoms. The molecule has 4 rings (SSSR count). The Labute approximate surface area is 183 Å². The Bertz CT molecular complexity index is 1210. The molecule has 2 N–H and O–H groups in total. The fourth-order valence-electron chi connectivity index (χ4n) is 3.01.